The van der Waals surface area contributed by atoms with Gasteiger partial charge in [0.1, 0.15) is 0 Å². The van der Waals surface area contributed by atoms with Gasteiger partial charge in [-0.3, -0.25) is 9.69 Å². The predicted octanol–water partition coefficient (Wildman–Crippen LogP) is 2.88. The Hall–Kier alpha value is -1.69. The summed E-state index contributed by atoms with van der Waals surface area (Å²) < 4.78 is 0. The first-order chi connectivity index (χ1) is 12.6. The van der Waals surface area contributed by atoms with Crippen molar-refractivity contribution in [3.8, 4) is 0 Å². The van der Waals surface area contributed by atoms with E-state index in [0.717, 1.165) is 44.8 Å². The quantitative estimate of drug-likeness (QED) is 0.811. The molecule has 0 radical (unpaired) electrons. The highest BCUT2D eigenvalue weighted by Crippen LogP contribution is 2.43. The smallest absolute Gasteiger partial charge is 0.254 e. The van der Waals surface area contributed by atoms with Gasteiger partial charge in [-0.2, -0.15) is 11.3 Å². The summed E-state index contributed by atoms with van der Waals surface area (Å²) in [6.45, 7) is 5.94. The molecule has 4 rings (SSSR count). The molecule has 1 amide bonds. The molecule has 0 N–H and O–H groups in total. The van der Waals surface area contributed by atoms with Gasteiger partial charge in [-0.1, -0.05) is 30.3 Å². The van der Waals surface area contributed by atoms with Gasteiger partial charge in [0.25, 0.3) is 5.91 Å². The van der Waals surface area contributed by atoms with E-state index in [1.807, 2.05) is 16.8 Å². The molecule has 2 atom stereocenters. The lowest BCUT2D eigenvalue weighted by Crippen LogP contribution is -2.42. The highest BCUT2D eigenvalue weighted by atomic mass is 32.1. The van der Waals surface area contributed by atoms with Gasteiger partial charge in [-0.05, 0) is 37.0 Å². The van der Waals surface area contributed by atoms with Crippen LogP contribution in [0.4, 0.5) is 0 Å². The van der Waals surface area contributed by atoms with Crippen molar-refractivity contribution in [2.45, 2.75) is 6.54 Å². The van der Waals surface area contributed by atoms with Crippen molar-refractivity contribution in [3.63, 3.8) is 0 Å². The molecule has 3 heterocycles. The molecule has 2 aliphatic rings. The Bertz CT molecular complexity index is 746. The summed E-state index contributed by atoms with van der Waals surface area (Å²) in [6, 6.07) is 12.7. The molecule has 0 unspecified atom stereocenters. The molecular weight excluding hydrogens is 342 g/mol. The molecule has 2 fully saturated rings. The van der Waals surface area contributed by atoms with Crippen molar-refractivity contribution in [3.05, 3.63) is 58.3 Å². The number of rotatable bonds is 5. The second-order valence-electron chi connectivity index (χ2n) is 8.15. The van der Waals surface area contributed by atoms with E-state index in [9.17, 15) is 4.79 Å². The van der Waals surface area contributed by atoms with Crippen LogP contribution in [0.1, 0.15) is 15.9 Å². The molecule has 2 aromatic rings. The van der Waals surface area contributed by atoms with Gasteiger partial charge in [0.15, 0.2) is 0 Å². The maximum Gasteiger partial charge on any atom is 0.254 e. The standard InChI is InChI=1S/C21H27N3OS/c1-22(2)14-21-15-23(10-17-6-4-3-5-7-17)11-19(21)12-24(16-21)20(25)18-8-9-26-13-18/h3-9,13,19H,10-12,14-16H2,1-2H3/t19-,21+/m1/s1. The largest absolute Gasteiger partial charge is 0.338 e. The summed E-state index contributed by atoms with van der Waals surface area (Å²) in [5.74, 6) is 0.754. The van der Waals surface area contributed by atoms with Gasteiger partial charge in [0.05, 0.1) is 5.56 Å². The first kappa shape index (κ1) is 17.7. The third-order valence-electron chi connectivity index (χ3n) is 5.77. The molecule has 0 saturated carbocycles. The molecule has 2 saturated heterocycles. The zero-order valence-electron chi connectivity index (χ0n) is 15.6. The van der Waals surface area contributed by atoms with Crippen LogP contribution in [0.15, 0.2) is 47.2 Å². The van der Waals surface area contributed by atoms with Crippen molar-refractivity contribution >= 4 is 17.2 Å². The summed E-state index contributed by atoms with van der Waals surface area (Å²) in [7, 11) is 4.30. The molecule has 138 valence electrons. The Morgan fingerprint density at radius 1 is 1.19 bits per heavy atom. The number of benzene rings is 1. The number of hydrogen-bond donors (Lipinski definition) is 0. The molecule has 5 heteroatoms. The third-order valence-corrected chi connectivity index (χ3v) is 6.45. The van der Waals surface area contributed by atoms with Gasteiger partial charge in [-0.25, -0.2) is 0 Å². The molecule has 1 aromatic heterocycles. The number of likely N-dealkylation sites (tertiary alicyclic amines) is 2. The lowest BCUT2D eigenvalue weighted by atomic mass is 9.80. The third kappa shape index (κ3) is 3.43. The van der Waals surface area contributed by atoms with Gasteiger partial charge in [0.2, 0.25) is 0 Å². The lowest BCUT2D eigenvalue weighted by Gasteiger charge is -2.32. The number of carbonyl (C=O) groups excluding carboxylic acids is 1. The Morgan fingerprint density at radius 2 is 2.00 bits per heavy atom. The van der Waals surface area contributed by atoms with Crippen LogP contribution in [-0.4, -0.2) is 67.4 Å². The van der Waals surface area contributed by atoms with Gasteiger partial charge >= 0.3 is 0 Å². The summed E-state index contributed by atoms with van der Waals surface area (Å²) in [5.41, 5.74) is 2.40. The van der Waals surface area contributed by atoms with Crippen LogP contribution in [0, 0.1) is 11.3 Å². The maximum atomic E-state index is 12.8. The van der Waals surface area contributed by atoms with Crippen LogP contribution in [0.25, 0.3) is 0 Å². The number of amides is 1. The number of fused-ring (bicyclic) bond motifs is 1. The van der Waals surface area contributed by atoms with Crippen molar-refractivity contribution < 1.29 is 4.79 Å². The SMILES string of the molecule is CN(C)C[C@@]12CN(Cc3ccccc3)C[C@@H]1CN(C(=O)c1ccsc1)C2. The number of thiophene rings is 1. The van der Waals surface area contributed by atoms with Crippen LogP contribution in [0.5, 0.6) is 0 Å². The Morgan fingerprint density at radius 3 is 2.69 bits per heavy atom. The van der Waals surface area contributed by atoms with Gasteiger partial charge in [0, 0.05) is 50.1 Å². The van der Waals surface area contributed by atoms with Crippen LogP contribution in [-0.2, 0) is 6.54 Å². The van der Waals surface area contributed by atoms with Gasteiger partial charge < -0.3 is 9.80 Å². The highest BCUT2D eigenvalue weighted by Gasteiger charge is 2.53. The number of hydrogen-bond acceptors (Lipinski definition) is 4. The fraction of sp³-hybridized carbons (Fsp3) is 0.476. The van der Waals surface area contributed by atoms with Crippen molar-refractivity contribution in [2.24, 2.45) is 11.3 Å². The zero-order chi connectivity index (χ0) is 18.1. The van der Waals surface area contributed by atoms with Crippen molar-refractivity contribution in [2.75, 3.05) is 46.8 Å². The minimum atomic E-state index is 0.184. The molecule has 26 heavy (non-hydrogen) atoms. The molecule has 1 aromatic carbocycles. The van der Waals surface area contributed by atoms with Crippen LogP contribution >= 0.6 is 11.3 Å². The van der Waals surface area contributed by atoms with E-state index in [4.69, 9.17) is 0 Å². The Balaban J connectivity index is 1.49. The lowest BCUT2D eigenvalue weighted by molar-refractivity contribution is 0.0748. The maximum absolute atomic E-state index is 12.8. The van der Waals surface area contributed by atoms with Crippen LogP contribution < -0.4 is 0 Å². The molecule has 4 nitrogen and oxygen atoms in total. The first-order valence-electron chi connectivity index (χ1n) is 9.28. The van der Waals surface area contributed by atoms with Gasteiger partial charge in [-0.15, -0.1) is 0 Å². The first-order valence-corrected chi connectivity index (χ1v) is 10.2. The highest BCUT2D eigenvalue weighted by molar-refractivity contribution is 7.08. The van der Waals surface area contributed by atoms with E-state index < -0.39 is 0 Å². The van der Waals surface area contributed by atoms with Crippen molar-refractivity contribution in [1.29, 1.82) is 0 Å². The summed E-state index contributed by atoms with van der Waals surface area (Å²) >= 11 is 1.60. The minimum absolute atomic E-state index is 0.184. The zero-order valence-corrected chi connectivity index (χ0v) is 16.4. The molecular formula is C21H27N3OS. The topological polar surface area (TPSA) is 26.8 Å². The second-order valence-corrected chi connectivity index (χ2v) is 8.93. The number of nitrogens with zero attached hydrogens (tertiary/aromatic N) is 3. The van der Waals surface area contributed by atoms with E-state index in [0.29, 0.717) is 5.92 Å². The normalized spacial score (nSPS) is 25.8. The average Bonchev–Trinajstić information content (AvgIpc) is 3.29. The van der Waals surface area contributed by atoms with E-state index in [1.54, 1.807) is 11.3 Å². The monoisotopic (exact) mass is 369 g/mol. The van der Waals surface area contributed by atoms with E-state index >= 15 is 0 Å². The van der Waals surface area contributed by atoms with E-state index in [1.165, 1.54) is 5.56 Å². The predicted molar refractivity (Wildman–Crippen MR) is 106 cm³/mol. The summed E-state index contributed by atoms with van der Waals surface area (Å²) in [6.07, 6.45) is 0. The van der Waals surface area contributed by atoms with E-state index in [2.05, 4.69) is 59.1 Å². The average molecular weight is 370 g/mol. The molecule has 0 aliphatic carbocycles. The summed E-state index contributed by atoms with van der Waals surface area (Å²) in [5, 5.41) is 3.96. The number of carbonyl (C=O) groups is 1. The molecule has 0 spiro atoms. The Labute approximate surface area is 160 Å². The van der Waals surface area contributed by atoms with Crippen LogP contribution in [0.3, 0.4) is 0 Å². The van der Waals surface area contributed by atoms with E-state index in [-0.39, 0.29) is 11.3 Å². The molecule has 2 aliphatic heterocycles. The summed E-state index contributed by atoms with van der Waals surface area (Å²) in [4.78, 5) is 19.8. The van der Waals surface area contributed by atoms with Crippen molar-refractivity contribution in [1.82, 2.24) is 14.7 Å². The molecule has 0 bridgehead atoms. The minimum Gasteiger partial charge on any atom is -0.338 e. The van der Waals surface area contributed by atoms with Crippen LogP contribution in [0.2, 0.25) is 0 Å². The second kappa shape index (κ2) is 7.14. The Kier molecular flexibility index (Phi) is 4.86. The fourth-order valence-corrected chi connectivity index (χ4v) is 5.46. The fourth-order valence-electron chi connectivity index (χ4n) is 4.83.